The summed E-state index contributed by atoms with van der Waals surface area (Å²) in [6.07, 6.45) is 3.67. The van der Waals surface area contributed by atoms with Crippen molar-refractivity contribution in [1.29, 1.82) is 0 Å². The first-order valence-electron chi connectivity index (χ1n) is 13.5. The van der Waals surface area contributed by atoms with E-state index in [9.17, 15) is 36.3 Å². The lowest BCUT2D eigenvalue weighted by atomic mass is 9.77. The van der Waals surface area contributed by atoms with Gasteiger partial charge in [0.05, 0.1) is 10.5 Å². The molecule has 0 saturated heterocycles. The molecular weight excluding hydrogens is 571 g/mol. The second kappa shape index (κ2) is 12.6. The normalized spacial score (nSPS) is 18.4. The Labute approximate surface area is 242 Å². The molecule has 0 spiro atoms. The number of sulfone groups is 1. The number of hydrogen-bond donors (Lipinski definition) is 2. The van der Waals surface area contributed by atoms with E-state index in [1.54, 1.807) is 30.3 Å². The fraction of sp³-hybridized carbons (Fsp3) is 0.355. The third kappa shape index (κ3) is 7.13. The summed E-state index contributed by atoms with van der Waals surface area (Å²) in [7, 11) is -5.49. The number of amides is 1. The molecule has 1 aliphatic rings. The number of aliphatic carboxylic acids is 1. The number of fused-ring (bicyclic) bond motifs is 1. The average molecular weight is 604 g/mol. The van der Waals surface area contributed by atoms with Crippen molar-refractivity contribution in [2.24, 2.45) is 11.8 Å². The number of benzene rings is 3. The fourth-order valence-corrected chi connectivity index (χ4v) is 6.23. The van der Waals surface area contributed by atoms with Gasteiger partial charge in [0.1, 0.15) is 18.4 Å². The largest absolute Gasteiger partial charge is 0.501 e. The van der Waals surface area contributed by atoms with E-state index in [1.807, 2.05) is 0 Å². The molecule has 0 aliphatic heterocycles. The predicted molar refractivity (Wildman–Crippen MR) is 152 cm³/mol. The third-order valence-electron chi connectivity index (χ3n) is 7.46. The molecule has 1 fully saturated rings. The van der Waals surface area contributed by atoms with Gasteiger partial charge in [-0.25, -0.2) is 13.2 Å². The van der Waals surface area contributed by atoms with Crippen molar-refractivity contribution in [3.8, 4) is 5.75 Å². The Morgan fingerprint density at radius 3 is 2.40 bits per heavy atom. The number of rotatable bonds is 10. The number of nitrogens with one attached hydrogen (secondary N) is 1. The Morgan fingerprint density at radius 2 is 1.76 bits per heavy atom. The lowest BCUT2D eigenvalue weighted by molar-refractivity contribution is -0.139. The van der Waals surface area contributed by atoms with Crippen LogP contribution in [0.5, 0.6) is 5.75 Å². The Hall–Kier alpha value is -3.86. The van der Waals surface area contributed by atoms with E-state index in [0.29, 0.717) is 29.2 Å². The molecule has 3 atom stereocenters. The lowest BCUT2D eigenvalue weighted by Gasteiger charge is -2.29. The van der Waals surface area contributed by atoms with Crippen LogP contribution in [0.3, 0.4) is 0 Å². The van der Waals surface area contributed by atoms with Crippen molar-refractivity contribution in [3.05, 3.63) is 83.9 Å². The van der Waals surface area contributed by atoms with Crippen LogP contribution < -0.4 is 10.1 Å². The van der Waals surface area contributed by atoms with Gasteiger partial charge in [-0.1, -0.05) is 61.5 Å². The maximum absolute atomic E-state index is 13.4. The van der Waals surface area contributed by atoms with Crippen molar-refractivity contribution in [2.75, 3.05) is 0 Å². The summed E-state index contributed by atoms with van der Waals surface area (Å²) in [6, 6.07) is 13.3. The van der Waals surface area contributed by atoms with Gasteiger partial charge in [-0.3, -0.25) is 4.79 Å². The van der Waals surface area contributed by atoms with E-state index in [1.165, 1.54) is 18.2 Å². The molecule has 3 aromatic rings. The summed E-state index contributed by atoms with van der Waals surface area (Å²) in [4.78, 5) is 24.6. The van der Waals surface area contributed by atoms with Gasteiger partial charge < -0.3 is 15.2 Å². The molecule has 0 heterocycles. The summed E-state index contributed by atoms with van der Waals surface area (Å²) >= 11 is 0. The zero-order valence-corrected chi connectivity index (χ0v) is 23.8. The van der Waals surface area contributed by atoms with E-state index >= 15 is 0 Å². The molecule has 7 nitrogen and oxygen atoms in total. The van der Waals surface area contributed by atoms with Crippen LogP contribution in [0.15, 0.2) is 77.7 Å². The first kappa shape index (κ1) is 31.1. The van der Waals surface area contributed by atoms with E-state index in [4.69, 9.17) is 4.74 Å². The van der Waals surface area contributed by atoms with Gasteiger partial charge in [-0.15, -0.1) is 0 Å². The number of carbonyl (C=O) groups excluding carboxylic acids is 1. The summed E-state index contributed by atoms with van der Waals surface area (Å²) in [5.74, 6) is -0.840. The highest BCUT2D eigenvalue weighted by molar-refractivity contribution is 7.92. The average Bonchev–Trinajstić information content (AvgIpc) is 2.92. The molecule has 1 saturated carbocycles. The summed E-state index contributed by atoms with van der Waals surface area (Å²) < 4.78 is 68.0. The smallest absolute Gasteiger partial charge is 0.487 e. The van der Waals surface area contributed by atoms with E-state index in [0.717, 1.165) is 42.4 Å². The molecule has 3 aromatic carbocycles. The third-order valence-corrected chi connectivity index (χ3v) is 8.97. The minimum Gasteiger partial charge on any atom is -0.487 e. The molecule has 0 aromatic heterocycles. The minimum absolute atomic E-state index is 0.0934. The fourth-order valence-electron chi connectivity index (χ4n) is 5.47. The van der Waals surface area contributed by atoms with Crippen molar-refractivity contribution in [2.45, 2.75) is 62.1 Å². The number of halogens is 3. The van der Waals surface area contributed by atoms with Gasteiger partial charge in [0, 0.05) is 5.39 Å². The monoisotopic (exact) mass is 603 g/mol. The van der Waals surface area contributed by atoms with Crippen LogP contribution in [0.25, 0.3) is 10.8 Å². The number of hydrogen-bond acceptors (Lipinski definition) is 5. The van der Waals surface area contributed by atoms with Crippen molar-refractivity contribution >= 4 is 32.5 Å². The van der Waals surface area contributed by atoms with Gasteiger partial charge in [0.15, 0.2) is 0 Å². The standard InChI is InChI=1S/C31H32F3NO6S/c1-19-15-20(2)17-22(16-19)9-14-27(30(37)38)35-29(36)26-13-10-23-5-3-4-6-25(23)28(26)41-18-21-7-11-24(12-8-21)42(39,40)31(32,33)34/h3-8,10-13,20,22,27H,1,9,14-18H2,2H3,(H,35,36)(H,37,38)/t20?,22?,27-/m0/s1. The van der Waals surface area contributed by atoms with Crippen molar-refractivity contribution < 1.29 is 41.0 Å². The molecule has 2 unspecified atom stereocenters. The number of carboxylic acids is 1. The summed E-state index contributed by atoms with van der Waals surface area (Å²) in [5, 5.41) is 13.8. The molecule has 11 heteroatoms. The lowest BCUT2D eigenvalue weighted by Crippen LogP contribution is -2.41. The van der Waals surface area contributed by atoms with Gasteiger partial charge in [0.2, 0.25) is 0 Å². The zero-order valence-electron chi connectivity index (χ0n) is 23.0. The van der Waals surface area contributed by atoms with Crippen LogP contribution in [0.4, 0.5) is 13.2 Å². The van der Waals surface area contributed by atoms with Gasteiger partial charge in [-0.05, 0) is 73.1 Å². The number of allylic oxidation sites excluding steroid dienone is 1. The molecule has 2 N–H and O–H groups in total. The van der Waals surface area contributed by atoms with Crippen LogP contribution >= 0.6 is 0 Å². The Kier molecular flexibility index (Phi) is 9.30. The maximum atomic E-state index is 13.4. The second-order valence-corrected chi connectivity index (χ2v) is 12.8. The van der Waals surface area contributed by atoms with E-state index < -0.39 is 38.2 Å². The number of carbonyl (C=O) groups is 2. The number of carboxylic acid groups (broad SMARTS) is 1. The second-order valence-electron chi connectivity index (χ2n) is 10.9. The van der Waals surface area contributed by atoms with Crippen LogP contribution in [0.2, 0.25) is 0 Å². The van der Waals surface area contributed by atoms with Crippen LogP contribution in [-0.4, -0.2) is 37.0 Å². The Balaban J connectivity index is 1.53. The van der Waals surface area contributed by atoms with Crippen LogP contribution in [0.1, 0.15) is 54.9 Å². The van der Waals surface area contributed by atoms with Crippen molar-refractivity contribution in [1.82, 2.24) is 5.32 Å². The first-order valence-corrected chi connectivity index (χ1v) is 15.0. The Morgan fingerprint density at radius 1 is 1.07 bits per heavy atom. The molecule has 1 amide bonds. The summed E-state index contributed by atoms with van der Waals surface area (Å²) in [5.41, 5.74) is -3.81. The van der Waals surface area contributed by atoms with E-state index in [2.05, 4.69) is 18.8 Å². The van der Waals surface area contributed by atoms with Crippen LogP contribution in [-0.2, 0) is 21.2 Å². The molecule has 42 heavy (non-hydrogen) atoms. The highest BCUT2D eigenvalue weighted by atomic mass is 32.2. The topological polar surface area (TPSA) is 110 Å². The van der Waals surface area contributed by atoms with Crippen LogP contribution in [0, 0.1) is 11.8 Å². The molecule has 1 aliphatic carbocycles. The number of alkyl halides is 3. The molecule has 0 radical (unpaired) electrons. The predicted octanol–water partition coefficient (Wildman–Crippen LogP) is 6.67. The summed E-state index contributed by atoms with van der Waals surface area (Å²) in [6.45, 7) is 6.05. The minimum atomic E-state index is -5.49. The molecular formula is C31H32F3NO6S. The maximum Gasteiger partial charge on any atom is 0.501 e. The quantitative estimate of drug-likeness (QED) is 0.251. The zero-order chi connectivity index (χ0) is 30.7. The highest BCUT2D eigenvalue weighted by Gasteiger charge is 2.46. The van der Waals surface area contributed by atoms with Gasteiger partial charge in [-0.2, -0.15) is 13.2 Å². The van der Waals surface area contributed by atoms with Crippen molar-refractivity contribution in [3.63, 3.8) is 0 Å². The molecule has 224 valence electrons. The first-order chi connectivity index (χ1) is 19.8. The SMILES string of the molecule is C=C1CC(C)CC(CC[C@H](NC(=O)c2ccc3ccccc3c2OCc2ccc(S(=O)(=O)C(F)(F)F)cc2)C(=O)O)C1. The number of ether oxygens (including phenoxy) is 1. The Bertz CT molecular complexity index is 1580. The molecule has 0 bridgehead atoms. The molecule has 4 rings (SSSR count). The van der Waals surface area contributed by atoms with E-state index in [-0.39, 0.29) is 24.3 Å². The highest BCUT2D eigenvalue weighted by Crippen LogP contribution is 2.35. The van der Waals surface area contributed by atoms with Gasteiger partial charge in [0.25, 0.3) is 15.7 Å². The van der Waals surface area contributed by atoms with Gasteiger partial charge >= 0.3 is 11.5 Å².